The molecule has 1 aliphatic rings. The Labute approximate surface area is 103 Å². The van der Waals surface area contributed by atoms with Gasteiger partial charge in [0, 0.05) is 42.0 Å². The van der Waals surface area contributed by atoms with Crippen molar-refractivity contribution in [1.82, 2.24) is 10.2 Å². The molecule has 0 spiro atoms. The van der Waals surface area contributed by atoms with E-state index in [1.165, 1.54) is 30.8 Å². The van der Waals surface area contributed by atoms with Crippen LogP contribution in [0.1, 0.15) is 35.6 Å². The first-order valence-corrected chi connectivity index (χ1v) is 7.14. The Balaban J connectivity index is 2.09. The summed E-state index contributed by atoms with van der Waals surface area (Å²) in [5.74, 6) is 0. The quantitative estimate of drug-likeness (QED) is 0.868. The summed E-state index contributed by atoms with van der Waals surface area (Å²) in [5.41, 5.74) is 0. The van der Waals surface area contributed by atoms with Gasteiger partial charge in [0.2, 0.25) is 0 Å². The molecule has 1 fully saturated rings. The fourth-order valence-corrected chi connectivity index (χ4v) is 3.45. The standard InChI is InChI=1S/C13H22N2S/c1-3-4-12(13-6-5-11(2)16-13)15-9-7-14-8-10-15/h5-6,12,14H,3-4,7-10H2,1-2H3/t12-/m0/s1. The second-order valence-electron chi connectivity index (χ2n) is 4.54. The normalized spacial score (nSPS) is 19.9. The van der Waals surface area contributed by atoms with Gasteiger partial charge in [0.15, 0.2) is 0 Å². The van der Waals surface area contributed by atoms with Crippen LogP contribution in [0.4, 0.5) is 0 Å². The van der Waals surface area contributed by atoms with Crippen molar-refractivity contribution in [3.8, 4) is 0 Å². The van der Waals surface area contributed by atoms with Crippen molar-refractivity contribution in [2.24, 2.45) is 0 Å². The van der Waals surface area contributed by atoms with E-state index in [9.17, 15) is 0 Å². The monoisotopic (exact) mass is 238 g/mol. The van der Waals surface area contributed by atoms with Crippen LogP contribution in [0.3, 0.4) is 0 Å². The van der Waals surface area contributed by atoms with E-state index in [-0.39, 0.29) is 0 Å². The molecular formula is C13H22N2S. The van der Waals surface area contributed by atoms with Crippen molar-refractivity contribution in [3.05, 3.63) is 21.9 Å². The van der Waals surface area contributed by atoms with Crippen molar-refractivity contribution in [3.63, 3.8) is 0 Å². The van der Waals surface area contributed by atoms with Crippen molar-refractivity contribution >= 4 is 11.3 Å². The topological polar surface area (TPSA) is 15.3 Å². The molecule has 2 heterocycles. The van der Waals surface area contributed by atoms with Crippen LogP contribution in [0.2, 0.25) is 0 Å². The summed E-state index contributed by atoms with van der Waals surface area (Å²) in [4.78, 5) is 5.64. The first-order valence-electron chi connectivity index (χ1n) is 6.32. The van der Waals surface area contributed by atoms with Gasteiger partial charge in [0.05, 0.1) is 0 Å². The Morgan fingerprint density at radius 3 is 2.69 bits per heavy atom. The molecule has 0 amide bonds. The van der Waals surface area contributed by atoms with Gasteiger partial charge in [-0.15, -0.1) is 11.3 Å². The molecule has 0 aliphatic carbocycles. The number of nitrogens with zero attached hydrogens (tertiary/aromatic N) is 1. The van der Waals surface area contributed by atoms with Gasteiger partial charge in [-0.1, -0.05) is 13.3 Å². The van der Waals surface area contributed by atoms with E-state index in [2.05, 4.69) is 36.2 Å². The van der Waals surface area contributed by atoms with Gasteiger partial charge in [-0.3, -0.25) is 4.90 Å². The number of thiophene rings is 1. The molecule has 0 bridgehead atoms. The first kappa shape index (κ1) is 12.1. The molecule has 2 nitrogen and oxygen atoms in total. The number of aryl methyl sites for hydroxylation is 1. The summed E-state index contributed by atoms with van der Waals surface area (Å²) >= 11 is 1.97. The molecule has 16 heavy (non-hydrogen) atoms. The zero-order chi connectivity index (χ0) is 11.4. The Morgan fingerprint density at radius 2 is 2.12 bits per heavy atom. The van der Waals surface area contributed by atoms with E-state index in [0.717, 1.165) is 13.1 Å². The second-order valence-corrected chi connectivity index (χ2v) is 5.86. The minimum absolute atomic E-state index is 0.658. The van der Waals surface area contributed by atoms with Crippen LogP contribution in [0, 0.1) is 6.92 Å². The maximum atomic E-state index is 3.43. The first-order chi connectivity index (χ1) is 7.81. The fourth-order valence-electron chi connectivity index (χ4n) is 2.40. The summed E-state index contributed by atoms with van der Waals surface area (Å²) in [7, 11) is 0. The van der Waals surface area contributed by atoms with Crippen LogP contribution in [-0.4, -0.2) is 31.1 Å². The van der Waals surface area contributed by atoms with E-state index in [4.69, 9.17) is 0 Å². The van der Waals surface area contributed by atoms with Gasteiger partial charge in [-0.2, -0.15) is 0 Å². The third-order valence-corrected chi connectivity index (χ3v) is 4.35. The molecule has 0 unspecified atom stereocenters. The molecule has 90 valence electrons. The predicted octanol–water partition coefficient (Wildman–Crippen LogP) is 2.80. The zero-order valence-electron chi connectivity index (χ0n) is 10.3. The molecule has 1 aliphatic heterocycles. The average molecular weight is 238 g/mol. The Morgan fingerprint density at radius 1 is 1.38 bits per heavy atom. The molecule has 1 atom stereocenters. The lowest BCUT2D eigenvalue weighted by Gasteiger charge is -2.34. The van der Waals surface area contributed by atoms with E-state index in [0.29, 0.717) is 6.04 Å². The smallest absolute Gasteiger partial charge is 0.0442 e. The van der Waals surface area contributed by atoms with Crippen LogP contribution < -0.4 is 5.32 Å². The van der Waals surface area contributed by atoms with Crippen molar-refractivity contribution in [1.29, 1.82) is 0 Å². The van der Waals surface area contributed by atoms with E-state index >= 15 is 0 Å². The molecule has 3 heteroatoms. The molecule has 1 aromatic rings. The highest BCUT2D eigenvalue weighted by Gasteiger charge is 2.22. The number of nitrogens with one attached hydrogen (secondary N) is 1. The second kappa shape index (κ2) is 5.80. The van der Waals surface area contributed by atoms with Gasteiger partial charge in [0.1, 0.15) is 0 Å². The Bertz CT molecular complexity index is 315. The zero-order valence-corrected chi connectivity index (χ0v) is 11.1. The summed E-state index contributed by atoms with van der Waals surface area (Å²) < 4.78 is 0. The maximum Gasteiger partial charge on any atom is 0.0442 e. The Kier molecular flexibility index (Phi) is 4.38. The van der Waals surface area contributed by atoms with Crippen LogP contribution in [0.25, 0.3) is 0 Å². The minimum Gasteiger partial charge on any atom is -0.314 e. The molecule has 1 N–H and O–H groups in total. The number of rotatable bonds is 4. The molecule has 0 aromatic carbocycles. The number of hydrogen-bond acceptors (Lipinski definition) is 3. The van der Waals surface area contributed by atoms with Crippen molar-refractivity contribution in [2.45, 2.75) is 32.7 Å². The highest BCUT2D eigenvalue weighted by Crippen LogP contribution is 2.31. The molecule has 1 saturated heterocycles. The van der Waals surface area contributed by atoms with Gasteiger partial charge >= 0.3 is 0 Å². The number of hydrogen-bond donors (Lipinski definition) is 1. The van der Waals surface area contributed by atoms with Crippen LogP contribution in [0.15, 0.2) is 12.1 Å². The summed E-state index contributed by atoms with van der Waals surface area (Å²) in [6, 6.07) is 5.23. The largest absolute Gasteiger partial charge is 0.314 e. The summed E-state index contributed by atoms with van der Waals surface area (Å²) in [5, 5.41) is 3.43. The van der Waals surface area contributed by atoms with Gasteiger partial charge in [0.25, 0.3) is 0 Å². The third kappa shape index (κ3) is 2.84. The van der Waals surface area contributed by atoms with E-state index < -0.39 is 0 Å². The van der Waals surface area contributed by atoms with Gasteiger partial charge in [-0.25, -0.2) is 0 Å². The maximum absolute atomic E-state index is 3.43. The van der Waals surface area contributed by atoms with Crippen molar-refractivity contribution < 1.29 is 0 Å². The molecule has 0 radical (unpaired) electrons. The minimum atomic E-state index is 0.658. The fraction of sp³-hybridized carbons (Fsp3) is 0.692. The van der Waals surface area contributed by atoms with Gasteiger partial charge < -0.3 is 5.32 Å². The van der Waals surface area contributed by atoms with E-state index in [1.807, 2.05) is 11.3 Å². The summed E-state index contributed by atoms with van der Waals surface area (Å²) in [6.45, 7) is 9.17. The molecule has 0 saturated carbocycles. The summed E-state index contributed by atoms with van der Waals surface area (Å²) in [6.07, 6.45) is 2.56. The lowest BCUT2D eigenvalue weighted by Crippen LogP contribution is -2.44. The molecular weight excluding hydrogens is 216 g/mol. The lowest BCUT2D eigenvalue weighted by molar-refractivity contribution is 0.167. The molecule has 2 rings (SSSR count). The SMILES string of the molecule is CCC[C@@H](c1ccc(C)s1)N1CCNCC1. The molecule has 1 aromatic heterocycles. The van der Waals surface area contributed by atoms with Gasteiger partial charge in [-0.05, 0) is 25.5 Å². The predicted molar refractivity (Wildman–Crippen MR) is 71.1 cm³/mol. The van der Waals surface area contributed by atoms with E-state index in [1.54, 1.807) is 4.88 Å². The van der Waals surface area contributed by atoms with Crippen LogP contribution >= 0.6 is 11.3 Å². The lowest BCUT2D eigenvalue weighted by atomic mass is 10.1. The third-order valence-electron chi connectivity index (χ3n) is 3.24. The van der Waals surface area contributed by atoms with Crippen LogP contribution in [0.5, 0.6) is 0 Å². The van der Waals surface area contributed by atoms with Crippen molar-refractivity contribution in [2.75, 3.05) is 26.2 Å². The van der Waals surface area contributed by atoms with Crippen LogP contribution in [-0.2, 0) is 0 Å². The highest BCUT2D eigenvalue weighted by molar-refractivity contribution is 7.12. The Hall–Kier alpha value is -0.380. The highest BCUT2D eigenvalue weighted by atomic mass is 32.1. The number of piperazine rings is 1. The average Bonchev–Trinajstić information content (AvgIpc) is 2.74.